The summed E-state index contributed by atoms with van der Waals surface area (Å²) < 4.78 is 1.89. The van der Waals surface area contributed by atoms with Gasteiger partial charge in [0.25, 0.3) is 0 Å². The molecule has 0 fully saturated rings. The molecule has 0 aliphatic carbocycles. The largest absolute Gasteiger partial charge is 0.507 e. The molecule has 1 aromatic heterocycles. The summed E-state index contributed by atoms with van der Waals surface area (Å²) in [5.74, 6) is 0.224. The van der Waals surface area contributed by atoms with Crippen LogP contribution >= 0.6 is 0 Å². The summed E-state index contributed by atoms with van der Waals surface area (Å²) in [5.41, 5.74) is 1.69. The van der Waals surface area contributed by atoms with E-state index in [9.17, 15) is 5.11 Å². The fourth-order valence-electron chi connectivity index (χ4n) is 1.64. The predicted molar refractivity (Wildman–Crippen MR) is 50.5 cm³/mol. The minimum absolute atomic E-state index is 0.0467. The maximum atomic E-state index is 9.57. The van der Waals surface area contributed by atoms with Gasteiger partial charge in [-0.25, -0.2) is 0 Å². The first-order chi connectivity index (χ1) is 6.24. The number of aliphatic hydroxyl groups excluding tert-OH is 1. The van der Waals surface area contributed by atoms with Crippen molar-refractivity contribution in [2.45, 2.75) is 6.61 Å². The molecule has 68 valence electrons. The minimum Gasteiger partial charge on any atom is -0.507 e. The second-order valence-corrected chi connectivity index (χ2v) is 3.09. The minimum atomic E-state index is -0.0467. The quantitative estimate of drug-likeness (QED) is 0.691. The van der Waals surface area contributed by atoms with Crippen molar-refractivity contribution >= 4 is 10.9 Å². The van der Waals surface area contributed by atoms with Gasteiger partial charge in [0.1, 0.15) is 5.75 Å². The molecule has 1 heterocycles. The molecule has 0 spiro atoms. The van der Waals surface area contributed by atoms with Crippen LogP contribution in [0.3, 0.4) is 0 Å². The van der Waals surface area contributed by atoms with Crippen LogP contribution in [0.25, 0.3) is 10.9 Å². The third-order valence-corrected chi connectivity index (χ3v) is 2.24. The van der Waals surface area contributed by atoms with E-state index in [0.29, 0.717) is 0 Å². The molecule has 3 nitrogen and oxygen atoms in total. The molecule has 3 heteroatoms. The van der Waals surface area contributed by atoms with Crippen LogP contribution in [0.5, 0.6) is 5.75 Å². The van der Waals surface area contributed by atoms with Crippen LogP contribution < -0.4 is 0 Å². The average molecular weight is 177 g/mol. The summed E-state index contributed by atoms with van der Waals surface area (Å²) in [6.07, 6.45) is 1.82. The maximum Gasteiger partial charge on any atom is 0.125 e. The molecule has 1 aromatic carbocycles. The van der Waals surface area contributed by atoms with Crippen molar-refractivity contribution in [1.29, 1.82) is 0 Å². The van der Waals surface area contributed by atoms with Crippen LogP contribution in [0.1, 0.15) is 5.56 Å². The summed E-state index contributed by atoms with van der Waals surface area (Å²) in [6, 6.07) is 5.33. The van der Waals surface area contributed by atoms with E-state index < -0.39 is 0 Å². The van der Waals surface area contributed by atoms with Crippen LogP contribution in [0.4, 0.5) is 0 Å². The molecule has 13 heavy (non-hydrogen) atoms. The van der Waals surface area contributed by atoms with E-state index in [1.165, 1.54) is 0 Å². The smallest absolute Gasteiger partial charge is 0.125 e. The molecule has 2 rings (SSSR count). The lowest BCUT2D eigenvalue weighted by Crippen LogP contribution is -1.82. The van der Waals surface area contributed by atoms with E-state index in [1.807, 2.05) is 23.9 Å². The number of hydrogen-bond acceptors (Lipinski definition) is 2. The summed E-state index contributed by atoms with van der Waals surface area (Å²) in [5, 5.41) is 19.4. The normalized spacial score (nSPS) is 10.9. The molecular weight excluding hydrogens is 166 g/mol. The van der Waals surface area contributed by atoms with Gasteiger partial charge in [-0.15, -0.1) is 0 Å². The molecule has 0 aliphatic heterocycles. The Morgan fingerprint density at radius 2 is 2.15 bits per heavy atom. The van der Waals surface area contributed by atoms with E-state index in [-0.39, 0.29) is 12.4 Å². The Labute approximate surface area is 75.9 Å². The average Bonchev–Trinajstić information content (AvgIpc) is 2.45. The fraction of sp³-hybridized carbons (Fsp3) is 0.200. The topological polar surface area (TPSA) is 45.4 Å². The van der Waals surface area contributed by atoms with Crippen LogP contribution in [0.2, 0.25) is 0 Å². The van der Waals surface area contributed by atoms with E-state index in [2.05, 4.69) is 0 Å². The zero-order valence-electron chi connectivity index (χ0n) is 7.36. The zero-order chi connectivity index (χ0) is 9.42. The highest BCUT2D eigenvalue weighted by Crippen LogP contribution is 2.28. The summed E-state index contributed by atoms with van der Waals surface area (Å²) in [4.78, 5) is 0. The van der Waals surface area contributed by atoms with Crippen LogP contribution in [0, 0.1) is 0 Å². The Balaban J connectivity index is 2.89. The molecule has 0 aliphatic rings. The van der Waals surface area contributed by atoms with Gasteiger partial charge < -0.3 is 14.8 Å². The fourth-order valence-corrected chi connectivity index (χ4v) is 1.64. The van der Waals surface area contributed by atoms with Gasteiger partial charge in [-0.05, 0) is 12.1 Å². The number of phenols is 1. The number of benzene rings is 1. The van der Waals surface area contributed by atoms with Gasteiger partial charge in [0.15, 0.2) is 0 Å². The molecule has 2 aromatic rings. The summed E-state index contributed by atoms with van der Waals surface area (Å²) in [7, 11) is 1.89. The SMILES string of the molecule is Cn1cc(CO)c2c(O)cccc21. The van der Waals surface area contributed by atoms with Crippen molar-refractivity contribution in [3.63, 3.8) is 0 Å². The first kappa shape index (κ1) is 8.13. The summed E-state index contributed by atoms with van der Waals surface area (Å²) in [6.45, 7) is -0.0467. The monoisotopic (exact) mass is 177 g/mol. The summed E-state index contributed by atoms with van der Waals surface area (Å²) >= 11 is 0. The number of aryl methyl sites for hydroxylation is 1. The number of fused-ring (bicyclic) bond motifs is 1. The number of rotatable bonds is 1. The lowest BCUT2D eigenvalue weighted by Gasteiger charge is -1.97. The Bertz CT molecular complexity index is 445. The molecule has 0 unspecified atom stereocenters. The number of phenolic OH excluding ortho intramolecular Hbond substituents is 1. The van der Waals surface area contributed by atoms with E-state index in [4.69, 9.17) is 5.11 Å². The molecule has 0 saturated carbocycles. The van der Waals surface area contributed by atoms with Crippen molar-refractivity contribution in [3.8, 4) is 5.75 Å². The Kier molecular flexibility index (Phi) is 1.74. The van der Waals surface area contributed by atoms with Gasteiger partial charge in [0, 0.05) is 24.2 Å². The van der Waals surface area contributed by atoms with Crippen LogP contribution in [-0.4, -0.2) is 14.8 Å². The first-order valence-electron chi connectivity index (χ1n) is 4.11. The lowest BCUT2D eigenvalue weighted by molar-refractivity contribution is 0.283. The van der Waals surface area contributed by atoms with Crippen LogP contribution in [-0.2, 0) is 13.7 Å². The Hall–Kier alpha value is -1.48. The molecule has 2 N–H and O–H groups in total. The van der Waals surface area contributed by atoms with Crippen LogP contribution in [0.15, 0.2) is 24.4 Å². The van der Waals surface area contributed by atoms with E-state index >= 15 is 0 Å². The third kappa shape index (κ3) is 1.09. The predicted octanol–water partition coefficient (Wildman–Crippen LogP) is 1.38. The molecule has 0 radical (unpaired) electrons. The van der Waals surface area contributed by atoms with Crippen molar-refractivity contribution < 1.29 is 10.2 Å². The van der Waals surface area contributed by atoms with Gasteiger partial charge in [-0.2, -0.15) is 0 Å². The first-order valence-corrected chi connectivity index (χ1v) is 4.11. The second kappa shape index (κ2) is 2.78. The zero-order valence-corrected chi connectivity index (χ0v) is 7.36. The number of nitrogens with zero attached hydrogens (tertiary/aromatic N) is 1. The highest BCUT2D eigenvalue weighted by atomic mass is 16.3. The highest BCUT2D eigenvalue weighted by Gasteiger charge is 2.08. The number of aromatic hydroxyl groups is 1. The van der Waals surface area contributed by atoms with Gasteiger partial charge in [-0.1, -0.05) is 6.07 Å². The molecule has 0 atom stereocenters. The van der Waals surface area contributed by atoms with E-state index in [1.54, 1.807) is 12.1 Å². The molecular formula is C10H11NO2. The standard InChI is InChI=1S/C10H11NO2/c1-11-5-7(6-12)10-8(11)3-2-4-9(10)13/h2-5,12-13H,6H2,1H3. The Morgan fingerprint density at radius 1 is 1.38 bits per heavy atom. The van der Waals surface area contributed by atoms with Gasteiger partial charge in [0.2, 0.25) is 0 Å². The van der Waals surface area contributed by atoms with Gasteiger partial charge in [0.05, 0.1) is 12.1 Å². The highest BCUT2D eigenvalue weighted by molar-refractivity contribution is 5.89. The molecule has 0 bridgehead atoms. The van der Waals surface area contributed by atoms with Crippen molar-refractivity contribution in [2.24, 2.45) is 7.05 Å². The lowest BCUT2D eigenvalue weighted by atomic mass is 10.1. The van der Waals surface area contributed by atoms with Gasteiger partial charge in [-0.3, -0.25) is 0 Å². The molecule has 0 saturated heterocycles. The third-order valence-electron chi connectivity index (χ3n) is 2.24. The van der Waals surface area contributed by atoms with Crippen molar-refractivity contribution in [1.82, 2.24) is 4.57 Å². The molecule has 0 amide bonds. The number of aliphatic hydroxyl groups is 1. The number of aromatic nitrogens is 1. The van der Waals surface area contributed by atoms with Crippen molar-refractivity contribution in [2.75, 3.05) is 0 Å². The van der Waals surface area contributed by atoms with E-state index in [0.717, 1.165) is 16.5 Å². The van der Waals surface area contributed by atoms with Gasteiger partial charge >= 0.3 is 0 Å². The second-order valence-electron chi connectivity index (χ2n) is 3.09. The maximum absolute atomic E-state index is 9.57. The number of hydrogen-bond donors (Lipinski definition) is 2. The Morgan fingerprint density at radius 3 is 2.85 bits per heavy atom. The van der Waals surface area contributed by atoms with Crippen molar-refractivity contribution in [3.05, 3.63) is 30.0 Å².